The van der Waals surface area contributed by atoms with E-state index < -0.39 is 5.66 Å². The molecule has 1 spiro atoms. The minimum atomic E-state index is -0.413. The molecule has 1 aliphatic carbocycles. The average Bonchev–Trinajstić information content (AvgIpc) is 3.40. The highest BCUT2D eigenvalue weighted by Crippen LogP contribution is 2.40. The number of piperidine rings is 1. The van der Waals surface area contributed by atoms with Gasteiger partial charge in [-0.1, -0.05) is 11.6 Å². The van der Waals surface area contributed by atoms with Gasteiger partial charge < -0.3 is 15.1 Å². The first kappa shape index (κ1) is 15.8. The molecule has 2 aliphatic heterocycles. The highest BCUT2D eigenvalue weighted by molar-refractivity contribution is 6.31. The Kier molecular flexibility index (Phi) is 3.71. The van der Waals surface area contributed by atoms with Crippen LogP contribution in [-0.4, -0.2) is 46.9 Å². The molecule has 0 bridgehead atoms. The molecule has 0 unspecified atom stereocenters. The van der Waals surface area contributed by atoms with Gasteiger partial charge in [-0.15, -0.1) is 0 Å². The number of carbonyl (C=O) groups is 2. The monoisotopic (exact) mass is 347 g/mol. The van der Waals surface area contributed by atoms with Crippen LogP contribution in [0.1, 0.15) is 43.0 Å². The number of anilines is 1. The van der Waals surface area contributed by atoms with Crippen molar-refractivity contribution >= 4 is 29.1 Å². The van der Waals surface area contributed by atoms with E-state index in [-0.39, 0.29) is 11.8 Å². The molecule has 1 saturated heterocycles. The van der Waals surface area contributed by atoms with E-state index >= 15 is 0 Å². The summed E-state index contributed by atoms with van der Waals surface area (Å²) in [5.41, 5.74) is 1.06. The normalized spacial score (nSPS) is 22.3. The molecule has 2 heterocycles. The highest BCUT2D eigenvalue weighted by Gasteiger charge is 2.47. The first-order chi connectivity index (χ1) is 11.5. The van der Waals surface area contributed by atoms with Crippen LogP contribution in [0.3, 0.4) is 0 Å². The Balaban J connectivity index is 1.60. The Morgan fingerprint density at radius 3 is 2.67 bits per heavy atom. The van der Waals surface area contributed by atoms with Gasteiger partial charge in [0.15, 0.2) is 0 Å². The fourth-order valence-corrected chi connectivity index (χ4v) is 4.16. The molecule has 5 nitrogen and oxygen atoms in total. The van der Waals surface area contributed by atoms with Crippen LogP contribution in [0.15, 0.2) is 18.2 Å². The number of carbonyl (C=O) groups excluding carboxylic acids is 2. The fourth-order valence-electron chi connectivity index (χ4n) is 3.99. The number of halogens is 1. The lowest BCUT2D eigenvalue weighted by Crippen LogP contribution is -2.64. The molecule has 6 heteroatoms. The second-order valence-corrected chi connectivity index (χ2v) is 7.43. The predicted molar refractivity (Wildman–Crippen MR) is 93.1 cm³/mol. The zero-order valence-corrected chi connectivity index (χ0v) is 14.6. The second-order valence-electron chi connectivity index (χ2n) is 7.00. The van der Waals surface area contributed by atoms with Crippen LogP contribution >= 0.6 is 11.6 Å². The number of amides is 2. The Labute approximate surface area is 146 Å². The van der Waals surface area contributed by atoms with Gasteiger partial charge in [-0.3, -0.25) is 9.59 Å². The first-order valence-electron chi connectivity index (χ1n) is 8.72. The van der Waals surface area contributed by atoms with Crippen molar-refractivity contribution in [3.63, 3.8) is 0 Å². The predicted octanol–water partition coefficient (Wildman–Crippen LogP) is 2.96. The van der Waals surface area contributed by atoms with Crippen molar-refractivity contribution in [3.8, 4) is 0 Å². The van der Waals surface area contributed by atoms with Crippen molar-refractivity contribution < 1.29 is 9.59 Å². The molecule has 1 saturated carbocycles. The summed E-state index contributed by atoms with van der Waals surface area (Å²) in [5, 5.41) is 4.19. The summed E-state index contributed by atoms with van der Waals surface area (Å²) in [4.78, 5) is 29.1. The summed E-state index contributed by atoms with van der Waals surface area (Å²) < 4.78 is 0. The number of fused-ring (bicyclic) bond motifs is 1. The topological polar surface area (TPSA) is 52.7 Å². The van der Waals surface area contributed by atoms with Gasteiger partial charge in [-0.2, -0.15) is 0 Å². The molecule has 2 fully saturated rings. The lowest BCUT2D eigenvalue weighted by atomic mass is 9.90. The number of nitrogens with zero attached hydrogens (tertiary/aromatic N) is 2. The maximum absolute atomic E-state index is 12.9. The van der Waals surface area contributed by atoms with Crippen molar-refractivity contribution in [2.24, 2.45) is 5.92 Å². The maximum atomic E-state index is 12.9. The molecule has 24 heavy (non-hydrogen) atoms. The molecule has 1 N–H and O–H groups in total. The number of rotatable bonds is 2. The van der Waals surface area contributed by atoms with E-state index in [1.54, 1.807) is 12.1 Å². The van der Waals surface area contributed by atoms with Gasteiger partial charge in [0.25, 0.3) is 5.91 Å². The average molecular weight is 348 g/mol. The second kappa shape index (κ2) is 5.66. The van der Waals surface area contributed by atoms with Crippen LogP contribution in [0.2, 0.25) is 5.02 Å². The van der Waals surface area contributed by atoms with Gasteiger partial charge in [-0.25, -0.2) is 0 Å². The van der Waals surface area contributed by atoms with E-state index in [4.69, 9.17) is 11.6 Å². The molecule has 128 valence electrons. The summed E-state index contributed by atoms with van der Waals surface area (Å²) in [5.74, 6) is 0.588. The first-order valence-corrected chi connectivity index (χ1v) is 9.10. The smallest absolute Gasteiger partial charge is 0.257 e. The summed E-state index contributed by atoms with van der Waals surface area (Å²) in [6.07, 6.45) is 3.56. The van der Waals surface area contributed by atoms with Gasteiger partial charge in [-0.05, 0) is 38.0 Å². The lowest BCUT2D eigenvalue weighted by molar-refractivity contribution is -0.134. The third-order valence-corrected chi connectivity index (χ3v) is 5.72. The van der Waals surface area contributed by atoms with Crippen molar-refractivity contribution in [2.45, 2.75) is 38.3 Å². The SMILES string of the molecule is CCN1C(=O)c2ccc(Cl)cc2NC12CCN(C(=O)C1CC1)CC2. The van der Waals surface area contributed by atoms with Crippen LogP contribution in [0.4, 0.5) is 5.69 Å². The van der Waals surface area contributed by atoms with E-state index in [0.717, 1.165) is 31.4 Å². The molecule has 4 rings (SSSR count). The number of nitrogens with one attached hydrogen (secondary N) is 1. The van der Waals surface area contributed by atoms with E-state index in [9.17, 15) is 9.59 Å². The zero-order chi connectivity index (χ0) is 16.9. The molecule has 0 aromatic heterocycles. The fraction of sp³-hybridized carbons (Fsp3) is 0.556. The van der Waals surface area contributed by atoms with Crippen LogP contribution in [-0.2, 0) is 4.79 Å². The van der Waals surface area contributed by atoms with E-state index in [1.807, 2.05) is 22.8 Å². The molecule has 1 aromatic carbocycles. The Bertz CT molecular complexity index is 694. The largest absolute Gasteiger partial charge is 0.362 e. The molecule has 0 atom stereocenters. The summed E-state index contributed by atoms with van der Waals surface area (Å²) in [6.45, 7) is 4.04. The summed E-state index contributed by atoms with van der Waals surface area (Å²) in [7, 11) is 0. The Morgan fingerprint density at radius 1 is 1.33 bits per heavy atom. The minimum absolute atomic E-state index is 0.0462. The maximum Gasteiger partial charge on any atom is 0.257 e. The van der Waals surface area contributed by atoms with Crippen LogP contribution < -0.4 is 5.32 Å². The van der Waals surface area contributed by atoms with Gasteiger partial charge in [0.1, 0.15) is 5.66 Å². The number of benzene rings is 1. The van der Waals surface area contributed by atoms with Crippen molar-refractivity contribution in [3.05, 3.63) is 28.8 Å². The number of hydrogen-bond donors (Lipinski definition) is 1. The van der Waals surface area contributed by atoms with Crippen LogP contribution in [0.25, 0.3) is 0 Å². The highest BCUT2D eigenvalue weighted by atomic mass is 35.5. The molecular formula is C18H22ClN3O2. The van der Waals surface area contributed by atoms with Crippen molar-refractivity contribution in [1.29, 1.82) is 0 Å². The molecule has 2 amide bonds. The molecule has 1 aromatic rings. The number of hydrogen-bond acceptors (Lipinski definition) is 3. The lowest BCUT2D eigenvalue weighted by Gasteiger charge is -2.52. The van der Waals surface area contributed by atoms with Gasteiger partial charge >= 0.3 is 0 Å². The van der Waals surface area contributed by atoms with Crippen molar-refractivity contribution in [2.75, 3.05) is 25.0 Å². The van der Waals surface area contributed by atoms with Gasteiger partial charge in [0.05, 0.1) is 11.3 Å². The standard InChI is InChI=1S/C18H22ClN3O2/c1-2-22-17(24)14-6-5-13(19)11-15(14)20-18(22)7-9-21(10-8-18)16(23)12-3-4-12/h5-6,11-12,20H,2-4,7-10H2,1H3. The third-order valence-electron chi connectivity index (χ3n) is 5.49. The van der Waals surface area contributed by atoms with Gasteiger partial charge in [0, 0.05) is 43.4 Å². The van der Waals surface area contributed by atoms with Crippen molar-refractivity contribution in [1.82, 2.24) is 9.80 Å². The Hall–Kier alpha value is -1.75. The van der Waals surface area contributed by atoms with Crippen LogP contribution in [0, 0.1) is 5.92 Å². The summed E-state index contributed by atoms with van der Waals surface area (Å²) in [6, 6.07) is 5.36. The quantitative estimate of drug-likeness (QED) is 0.894. The zero-order valence-electron chi connectivity index (χ0n) is 13.8. The van der Waals surface area contributed by atoms with E-state index in [0.29, 0.717) is 36.1 Å². The Morgan fingerprint density at radius 2 is 2.04 bits per heavy atom. The van der Waals surface area contributed by atoms with Gasteiger partial charge in [0.2, 0.25) is 5.91 Å². The van der Waals surface area contributed by atoms with E-state index in [2.05, 4.69) is 5.32 Å². The van der Waals surface area contributed by atoms with E-state index in [1.165, 1.54) is 0 Å². The summed E-state index contributed by atoms with van der Waals surface area (Å²) >= 11 is 6.11. The third kappa shape index (κ3) is 2.46. The number of likely N-dealkylation sites (tertiary alicyclic amines) is 1. The van der Waals surface area contributed by atoms with Crippen LogP contribution in [0.5, 0.6) is 0 Å². The molecule has 0 radical (unpaired) electrons. The molecule has 3 aliphatic rings. The molecular weight excluding hydrogens is 326 g/mol. The minimum Gasteiger partial charge on any atom is -0.362 e.